The summed E-state index contributed by atoms with van der Waals surface area (Å²) in [7, 11) is 0. The summed E-state index contributed by atoms with van der Waals surface area (Å²) in [5.41, 5.74) is 6.22. The molecular weight excluding hydrogens is 236 g/mol. The van der Waals surface area contributed by atoms with E-state index in [2.05, 4.69) is 35.6 Å². The summed E-state index contributed by atoms with van der Waals surface area (Å²) in [6.07, 6.45) is 3.76. The van der Waals surface area contributed by atoms with Crippen molar-refractivity contribution in [1.82, 2.24) is 9.97 Å². The molecule has 0 amide bonds. The molecule has 106 valence electrons. The van der Waals surface area contributed by atoms with Gasteiger partial charge in [-0.3, -0.25) is 0 Å². The molecule has 2 rings (SSSR count). The lowest BCUT2D eigenvalue weighted by Gasteiger charge is -2.30. The van der Waals surface area contributed by atoms with E-state index in [1.807, 2.05) is 13.0 Å². The largest absolute Gasteiger partial charge is 0.384 e. The molecule has 1 unspecified atom stereocenters. The van der Waals surface area contributed by atoms with Gasteiger partial charge in [0.1, 0.15) is 17.5 Å². The van der Waals surface area contributed by atoms with Crippen molar-refractivity contribution in [3.05, 3.63) is 11.9 Å². The van der Waals surface area contributed by atoms with Gasteiger partial charge in [0.15, 0.2) is 0 Å². The van der Waals surface area contributed by atoms with Gasteiger partial charge < -0.3 is 10.6 Å². The van der Waals surface area contributed by atoms with E-state index in [1.165, 1.54) is 19.3 Å². The SMILES string of the molecule is Cc1nc(N)cc(N2CCCC(C(C)(C)C)CC2)n1. The van der Waals surface area contributed by atoms with Crippen molar-refractivity contribution >= 4 is 11.6 Å². The van der Waals surface area contributed by atoms with Crippen molar-refractivity contribution in [3.63, 3.8) is 0 Å². The van der Waals surface area contributed by atoms with Gasteiger partial charge >= 0.3 is 0 Å². The van der Waals surface area contributed by atoms with Crippen molar-refractivity contribution in [1.29, 1.82) is 0 Å². The van der Waals surface area contributed by atoms with Gasteiger partial charge in [-0.2, -0.15) is 0 Å². The Balaban J connectivity index is 2.11. The Bertz CT molecular complexity index is 416. The van der Waals surface area contributed by atoms with Gasteiger partial charge in [-0.1, -0.05) is 20.8 Å². The molecule has 1 saturated heterocycles. The van der Waals surface area contributed by atoms with Crippen LogP contribution in [0.15, 0.2) is 6.07 Å². The number of anilines is 2. The van der Waals surface area contributed by atoms with Crippen LogP contribution in [0.4, 0.5) is 11.6 Å². The molecule has 4 heteroatoms. The molecule has 2 N–H and O–H groups in total. The van der Waals surface area contributed by atoms with Crippen LogP contribution < -0.4 is 10.6 Å². The summed E-state index contributed by atoms with van der Waals surface area (Å²) in [6.45, 7) is 11.1. The first-order valence-electron chi connectivity index (χ1n) is 7.22. The molecule has 1 fully saturated rings. The maximum absolute atomic E-state index is 5.82. The van der Waals surface area contributed by atoms with E-state index in [0.717, 1.165) is 30.6 Å². The molecule has 1 aromatic heterocycles. The Hall–Kier alpha value is -1.32. The molecule has 1 aromatic rings. The topological polar surface area (TPSA) is 55.0 Å². The number of nitrogens with zero attached hydrogens (tertiary/aromatic N) is 3. The molecule has 1 aliphatic rings. The summed E-state index contributed by atoms with van der Waals surface area (Å²) in [5.74, 6) is 3.10. The minimum Gasteiger partial charge on any atom is -0.384 e. The van der Waals surface area contributed by atoms with E-state index >= 15 is 0 Å². The third-order valence-corrected chi connectivity index (χ3v) is 4.12. The second-order valence-electron chi connectivity index (χ2n) is 6.68. The molecule has 1 atom stereocenters. The number of aromatic nitrogens is 2. The number of hydrogen-bond donors (Lipinski definition) is 1. The molecule has 0 spiro atoms. The van der Waals surface area contributed by atoms with E-state index in [0.29, 0.717) is 11.2 Å². The fourth-order valence-electron chi connectivity index (χ4n) is 2.93. The van der Waals surface area contributed by atoms with Gasteiger partial charge in [-0.05, 0) is 37.5 Å². The van der Waals surface area contributed by atoms with Gasteiger partial charge in [-0.25, -0.2) is 9.97 Å². The van der Waals surface area contributed by atoms with Gasteiger partial charge in [0.2, 0.25) is 0 Å². The lowest BCUT2D eigenvalue weighted by atomic mass is 9.77. The Morgan fingerprint density at radius 2 is 1.95 bits per heavy atom. The molecule has 0 bridgehead atoms. The smallest absolute Gasteiger partial charge is 0.134 e. The van der Waals surface area contributed by atoms with Crippen molar-refractivity contribution in [3.8, 4) is 0 Å². The lowest BCUT2D eigenvalue weighted by molar-refractivity contribution is 0.220. The Morgan fingerprint density at radius 3 is 2.58 bits per heavy atom. The Kier molecular flexibility index (Phi) is 3.97. The predicted octanol–water partition coefficient (Wildman–Crippen LogP) is 3.02. The maximum atomic E-state index is 5.82. The van der Waals surface area contributed by atoms with E-state index in [1.54, 1.807) is 0 Å². The average molecular weight is 262 g/mol. The zero-order valence-corrected chi connectivity index (χ0v) is 12.6. The summed E-state index contributed by atoms with van der Waals surface area (Å²) in [5, 5.41) is 0. The number of nitrogens with two attached hydrogens (primary N) is 1. The molecule has 0 aliphatic carbocycles. The van der Waals surface area contributed by atoms with Crippen LogP contribution in [0.3, 0.4) is 0 Å². The van der Waals surface area contributed by atoms with Crippen LogP contribution in [-0.2, 0) is 0 Å². The highest BCUT2D eigenvalue weighted by Gasteiger charge is 2.27. The maximum Gasteiger partial charge on any atom is 0.134 e. The van der Waals surface area contributed by atoms with Crippen LogP contribution in [-0.4, -0.2) is 23.1 Å². The molecule has 0 radical (unpaired) electrons. The molecule has 4 nitrogen and oxygen atoms in total. The van der Waals surface area contributed by atoms with Gasteiger partial charge in [0, 0.05) is 19.2 Å². The van der Waals surface area contributed by atoms with Crippen LogP contribution >= 0.6 is 0 Å². The molecule has 0 aromatic carbocycles. The molecular formula is C15H26N4. The van der Waals surface area contributed by atoms with Crippen LogP contribution in [0.25, 0.3) is 0 Å². The highest BCUT2D eigenvalue weighted by atomic mass is 15.2. The zero-order valence-electron chi connectivity index (χ0n) is 12.6. The Labute approximate surface area is 116 Å². The molecule has 1 aliphatic heterocycles. The summed E-state index contributed by atoms with van der Waals surface area (Å²) in [6, 6.07) is 1.89. The molecule has 0 saturated carbocycles. The molecule has 19 heavy (non-hydrogen) atoms. The van der Waals surface area contributed by atoms with Crippen molar-refractivity contribution < 1.29 is 0 Å². The van der Waals surface area contributed by atoms with E-state index in [-0.39, 0.29) is 0 Å². The first kappa shape index (κ1) is 14.1. The fourth-order valence-corrected chi connectivity index (χ4v) is 2.93. The average Bonchev–Trinajstić information content (AvgIpc) is 2.52. The second kappa shape index (κ2) is 5.35. The standard InChI is InChI=1S/C15H26N4/c1-11-17-13(16)10-14(18-11)19-8-5-6-12(7-9-19)15(2,3)4/h10,12H,5-9H2,1-4H3,(H2,16,17,18). The quantitative estimate of drug-likeness (QED) is 0.845. The third-order valence-electron chi connectivity index (χ3n) is 4.12. The highest BCUT2D eigenvalue weighted by Crippen LogP contribution is 2.35. The Morgan fingerprint density at radius 1 is 1.21 bits per heavy atom. The second-order valence-corrected chi connectivity index (χ2v) is 6.68. The highest BCUT2D eigenvalue weighted by molar-refractivity contribution is 5.47. The minimum absolute atomic E-state index is 0.399. The first-order valence-corrected chi connectivity index (χ1v) is 7.22. The number of hydrogen-bond acceptors (Lipinski definition) is 4. The monoisotopic (exact) mass is 262 g/mol. The molecule has 2 heterocycles. The van der Waals surface area contributed by atoms with E-state index in [4.69, 9.17) is 5.73 Å². The number of rotatable bonds is 1. The van der Waals surface area contributed by atoms with Crippen LogP contribution in [0.1, 0.15) is 45.9 Å². The number of nitrogen functional groups attached to an aromatic ring is 1. The summed E-state index contributed by atoms with van der Waals surface area (Å²) >= 11 is 0. The van der Waals surface area contributed by atoms with Crippen molar-refractivity contribution in [2.24, 2.45) is 11.3 Å². The number of aryl methyl sites for hydroxylation is 1. The van der Waals surface area contributed by atoms with Crippen LogP contribution in [0.5, 0.6) is 0 Å². The lowest BCUT2D eigenvalue weighted by Crippen LogP contribution is -2.27. The first-order chi connectivity index (χ1) is 8.86. The van der Waals surface area contributed by atoms with Gasteiger partial charge in [-0.15, -0.1) is 0 Å². The summed E-state index contributed by atoms with van der Waals surface area (Å²) in [4.78, 5) is 11.0. The third kappa shape index (κ3) is 3.58. The predicted molar refractivity (Wildman–Crippen MR) is 80.2 cm³/mol. The van der Waals surface area contributed by atoms with Crippen LogP contribution in [0, 0.1) is 18.3 Å². The van der Waals surface area contributed by atoms with Crippen molar-refractivity contribution in [2.45, 2.75) is 47.0 Å². The zero-order chi connectivity index (χ0) is 14.0. The van der Waals surface area contributed by atoms with E-state index in [9.17, 15) is 0 Å². The van der Waals surface area contributed by atoms with Gasteiger partial charge in [0.05, 0.1) is 0 Å². The van der Waals surface area contributed by atoms with E-state index < -0.39 is 0 Å². The normalized spacial score (nSPS) is 21.3. The minimum atomic E-state index is 0.399. The van der Waals surface area contributed by atoms with Gasteiger partial charge in [0.25, 0.3) is 0 Å². The summed E-state index contributed by atoms with van der Waals surface area (Å²) < 4.78 is 0. The van der Waals surface area contributed by atoms with Crippen molar-refractivity contribution in [2.75, 3.05) is 23.7 Å². The fraction of sp³-hybridized carbons (Fsp3) is 0.733. The van der Waals surface area contributed by atoms with Crippen LogP contribution in [0.2, 0.25) is 0 Å².